The van der Waals surface area contributed by atoms with E-state index in [2.05, 4.69) is 10.3 Å². The summed E-state index contributed by atoms with van der Waals surface area (Å²) in [6.45, 7) is 5.13. The summed E-state index contributed by atoms with van der Waals surface area (Å²) in [5.74, 6) is 0.401. The van der Waals surface area contributed by atoms with Crippen molar-refractivity contribution in [3.8, 4) is 5.69 Å². The number of amides is 1. The molecule has 0 spiro atoms. The number of hydrogen-bond donors (Lipinski definition) is 2. The number of rotatable bonds is 4. The lowest BCUT2D eigenvalue weighted by atomic mass is 10.1. The monoisotopic (exact) mass is 444 g/mol. The summed E-state index contributed by atoms with van der Waals surface area (Å²) in [5.41, 5.74) is 1.26. The lowest BCUT2D eigenvalue weighted by Gasteiger charge is -2.17. The summed E-state index contributed by atoms with van der Waals surface area (Å²) in [6.07, 6.45) is -4.42. The normalized spacial score (nSPS) is 12.6. The maximum Gasteiger partial charge on any atom is 0.416 e. The van der Waals surface area contributed by atoms with Crippen LogP contribution in [0.15, 0.2) is 42.5 Å². The van der Waals surface area contributed by atoms with Crippen molar-refractivity contribution in [1.82, 2.24) is 19.4 Å². The Labute approximate surface area is 182 Å². The second-order valence-electron chi connectivity index (χ2n) is 8.50. The number of nitrogens with one attached hydrogen (secondary N) is 1. The van der Waals surface area contributed by atoms with E-state index in [4.69, 9.17) is 0 Å². The Morgan fingerprint density at radius 2 is 1.78 bits per heavy atom. The molecule has 0 unspecified atom stereocenters. The van der Waals surface area contributed by atoms with Gasteiger partial charge < -0.3 is 15.0 Å². The molecule has 0 aliphatic heterocycles. The van der Waals surface area contributed by atoms with Crippen LogP contribution in [0.4, 0.5) is 13.2 Å². The van der Waals surface area contributed by atoms with Gasteiger partial charge in [-0.15, -0.1) is 0 Å². The van der Waals surface area contributed by atoms with Crippen molar-refractivity contribution in [3.63, 3.8) is 0 Å². The number of nitrogens with zero attached hydrogens (tertiary/aromatic N) is 3. The van der Waals surface area contributed by atoms with Crippen LogP contribution < -0.4 is 5.32 Å². The standard InChI is InChI=1S/C23H23F3N4O2/c1-13-28-20-19(29(13)4)17-11-14(21(31)27-12-22(2,3)32)5-10-18(17)30(20)16-8-6-15(7-9-16)23(24,25)26/h5-11,32H,12H2,1-4H3,(H,27,31). The zero-order chi connectivity index (χ0) is 23.4. The molecule has 168 valence electrons. The second-order valence-corrected chi connectivity index (χ2v) is 8.50. The number of aryl methyl sites for hydroxylation is 2. The van der Waals surface area contributed by atoms with Crippen molar-refractivity contribution in [2.24, 2.45) is 7.05 Å². The number of fused-ring (bicyclic) bond motifs is 3. The van der Waals surface area contributed by atoms with Gasteiger partial charge >= 0.3 is 6.18 Å². The quantitative estimate of drug-likeness (QED) is 0.492. The van der Waals surface area contributed by atoms with Crippen LogP contribution in [0.5, 0.6) is 0 Å². The molecular formula is C23H23F3N4O2. The highest BCUT2D eigenvalue weighted by atomic mass is 19.4. The number of halogens is 3. The maximum absolute atomic E-state index is 13.0. The van der Waals surface area contributed by atoms with Crippen molar-refractivity contribution < 1.29 is 23.1 Å². The van der Waals surface area contributed by atoms with Gasteiger partial charge in [-0.1, -0.05) is 0 Å². The van der Waals surface area contributed by atoms with Gasteiger partial charge in [-0.2, -0.15) is 13.2 Å². The lowest BCUT2D eigenvalue weighted by Crippen LogP contribution is -2.38. The Hall–Kier alpha value is -3.33. The van der Waals surface area contributed by atoms with Crippen LogP contribution in [0.3, 0.4) is 0 Å². The number of imidazole rings is 1. The van der Waals surface area contributed by atoms with E-state index < -0.39 is 17.3 Å². The fourth-order valence-corrected chi connectivity index (χ4v) is 3.69. The smallest absolute Gasteiger partial charge is 0.389 e. The molecule has 9 heteroatoms. The average molecular weight is 444 g/mol. The van der Waals surface area contributed by atoms with Crippen LogP contribution >= 0.6 is 0 Å². The zero-order valence-corrected chi connectivity index (χ0v) is 18.1. The zero-order valence-electron chi connectivity index (χ0n) is 18.1. The number of hydrogen-bond acceptors (Lipinski definition) is 3. The third-order valence-corrected chi connectivity index (χ3v) is 5.40. The predicted molar refractivity (Wildman–Crippen MR) is 116 cm³/mol. The van der Waals surface area contributed by atoms with Crippen molar-refractivity contribution in [3.05, 3.63) is 59.4 Å². The summed E-state index contributed by atoms with van der Waals surface area (Å²) >= 11 is 0. The number of alkyl halides is 3. The highest BCUT2D eigenvalue weighted by Gasteiger charge is 2.30. The number of aromatic nitrogens is 3. The molecule has 0 saturated carbocycles. The summed E-state index contributed by atoms with van der Waals surface area (Å²) in [7, 11) is 1.85. The second kappa shape index (κ2) is 7.37. The number of carbonyl (C=O) groups excluding carboxylic acids is 1. The molecule has 4 rings (SSSR count). The Balaban J connectivity index is 1.87. The maximum atomic E-state index is 13.0. The summed E-state index contributed by atoms with van der Waals surface area (Å²) in [6, 6.07) is 10.0. The molecule has 2 N–H and O–H groups in total. The fraction of sp³-hybridized carbons (Fsp3) is 0.304. The van der Waals surface area contributed by atoms with Gasteiger partial charge in [-0.3, -0.25) is 9.36 Å². The fourth-order valence-electron chi connectivity index (χ4n) is 3.69. The van der Waals surface area contributed by atoms with Crippen LogP contribution in [0.2, 0.25) is 0 Å². The van der Waals surface area contributed by atoms with Crippen LogP contribution in [0.1, 0.15) is 35.6 Å². The molecule has 2 aromatic heterocycles. The molecule has 6 nitrogen and oxygen atoms in total. The molecule has 0 aliphatic rings. The van der Waals surface area contributed by atoms with E-state index in [0.717, 1.165) is 34.4 Å². The number of aliphatic hydroxyl groups is 1. The van der Waals surface area contributed by atoms with E-state index >= 15 is 0 Å². The van der Waals surface area contributed by atoms with E-state index in [1.807, 2.05) is 18.5 Å². The van der Waals surface area contributed by atoms with Crippen molar-refractivity contribution in [2.45, 2.75) is 32.5 Å². The van der Waals surface area contributed by atoms with Crippen molar-refractivity contribution in [2.75, 3.05) is 6.54 Å². The lowest BCUT2D eigenvalue weighted by molar-refractivity contribution is -0.137. The first kappa shape index (κ1) is 21.9. The SMILES string of the molecule is Cc1nc2c(c3cc(C(=O)NCC(C)(C)O)ccc3n2-c2ccc(C(F)(F)F)cc2)n1C. The molecule has 0 radical (unpaired) electrons. The Kier molecular flexibility index (Phi) is 5.04. The molecule has 1 amide bonds. The topological polar surface area (TPSA) is 72.1 Å². The van der Waals surface area contributed by atoms with Crippen molar-refractivity contribution in [1.29, 1.82) is 0 Å². The Bertz CT molecular complexity index is 1330. The van der Waals surface area contributed by atoms with Crippen LogP contribution in [-0.2, 0) is 13.2 Å². The average Bonchev–Trinajstić information content (AvgIpc) is 3.18. The van der Waals surface area contributed by atoms with Gasteiger partial charge in [-0.25, -0.2) is 4.98 Å². The summed E-state index contributed by atoms with van der Waals surface area (Å²) < 4.78 is 42.7. The van der Waals surface area contributed by atoms with Gasteiger partial charge in [0.15, 0.2) is 5.65 Å². The van der Waals surface area contributed by atoms with Gasteiger partial charge in [0.25, 0.3) is 5.91 Å². The third kappa shape index (κ3) is 3.84. The molecule has 2 heterocycles. The van der Waals surface area contributed by atoms with E-state index in [-0.39, 0.29) is 12.5 Å². The molecule has 0 bridgehead atoms. The molecule has 4 aromatic rings. The van der Waals surface area contributed by atoms with E-state index in [1.54, 1.807) is 36.6 Å². The first-order valence-corrected chi connectivity index (χ1v) is 10.0. The van der Waals surface area contributed by atoms with E-state index in [0.29, 0.717) is 16.9 Å². The minimum absolute atomic E-state index is 0.0939. The highest BCUT2D eigenvalue weighted by Crippen LogP contribution is 2.34. The van der Waals surface area contributed by atoms with E-state index in [9.17, 15) is 23.1 Å². The molecular weight excluding hydrogens is 421 g/mol. The van der Waals surface area contributed by atoms with E-state index in [1.165, 1.54) is 12.1 Å². The van der Waals surface area contributed by atoms with Crippen LogP contribution in [0.25, 0.3) is 27.8 Å². The summed E-state index contributed by atoms with van der Waals surface area (Å²) in [4.78, 5) is 17.2. The third-order valence-electron chi connectivity index (χ3n) is 5.40. The highest BCUT2D eigenvalue weighted by molar-refractivity contribution is 6.09. The molecule has 2 aromatic carbocycles. The number of benzene rings is 2. The number of carbonyl (C=O) groups is 1. The largest absolute Gasteiger partial charge is 0.416 e. The van der Waals surface area contributed by atoms with Gasteiger partial charge in [0, 0.05) is 30.2 Å². The minimum Gasteiger partial charge on any atom is -0.389 e. The van der Waals surface area contributed by atoms with Gasteiger partial charge in [0.05, 0.1) is 22.2 Å². The van der Waals surface area contributed by atoms with Gasteiger partial charge in [0.1, 0.15) is 5.82 Å². The first-order valence-electron chi connectivity index (χ1n) is 10.0. The van der Waals surface area contributed by atoms with Crippen LogP contribution in [0, 0.1) is 6.92 Å². The summed E-state index contributed by atoms with van der Waals surface area (Å²) in [5, 5.41) is 13.3. The van der Waals surface area contributed by atoms with Crippen molar-refractivity contribution >= 4 is 28.0 Å². The minimum atomic E-state index is -4.42. The molecule has 0 fully saturated rings. The molecule has 0 saturated heterocycles. The molecule has 32 heavy (non-hydrogen) atoms. The van der Waals surface area contributed by atoms with Gasteiger partial charge in [-0.05, 0) is 63.2 Å². The van der Waals surface area contributed by atoms with Crippen LogP contribution in [-0.4, -0.2) is 37.3 Å². The Morgan fingerprint density at radius 1 is 1.12 bits per heavy atom. The predicted octanol–water partition coefficient (Wildman–Crippen LogP) is 4.35. The Morgan fingerprint density at radius 3 is 2.38 bits per heavy atom. The molecule has 0 atom stereocenters. The molecule has 0 aliphatic carbocycles. The van der Waals surface area contributed by atoms with Gasteiger partial charge in [0.2, 0.25) is 0 Å². The first-order chi connectivity index (χ1) is 14.9.